The van der Waals surface area contributed by atoms with Gasteiger partial charge in [-0.3, -0.25) is 0 Å². The van der Waals surface area contributed by atoms with Gasteiger partial charge in [0, 0.05) is 44.3 Å². The third-order valence-electron chi connectivity index (χ3n) is 10.2. The predicted molar refractivity (Wildman–Crippen MR) is 213 cm³/mol. The molecule has 242 valence electrons. The zero-order chi connectivity index (χ0) is 34.2. The van der Waals surface area contributed by atoms with E-state index in [-0.39, 0.29) is 0 Å². The minimum absolute atomic E-state index is 0.589. The molecule has 0 saturated carbocycles. The standard InChI is InChI=1S/C47H28N4O/c1-2-14-30(15-3-1)45-48-46(36-22-12-18-29-13-6-7-19-33(29)36)50-47(49-45)39-27-38-35-21-9-11-24-43(35)52-44(38)28-42(39)51-40-23-10-8-20-34(40)37-25-31-16-4-5-17-32(31)26-41(37)51/h1-28H. The zero-order valence-corrected chi connectivity index (χ0v) is 27.9. The Morgan fingerprint density at radius 3 is 1.85 bits per heavy atom. The first-order chi connectivity index (χ1) is 25.8. The largest absolute Gasteiger partial charge is 0.456 e. The quantitative estimate of drug-likeness (QED) is 0.188. The minimum Gasteiger partial charge on any atom is -0.456 e. The molecule has 52 heavy (non-hydrogen) atoms. The van der Waals surface area contributed by atoms with Crippen LogP contribution >= 0.6 is 0 Å². The van der Waals surface area contributed by atoms with Gasteiger partial charge in [0.2, 0.25) is 0 Å². The lowest BCUT2D eigenvalue weighted by molar-refractivity contribution is 0.668. The summed E-state index contributed by atoms with van der Waals surface area (Å²) in [4.78, 5) is 15.7. The Kier molecular flexibility index (Phi) is 6.18. The van der Waals surface area contributed by atoms with Crippen LogP contribution in [0.3, 0.4) is 0 Å². The molecule has 0 fully saturated rings. The van der Waals surface area contributed by atoms with E-state index >= 15 is 0 Å². The lowest BCUT2D eigenvalue weighted by Crippen LogP contribution is -2.04. The van der Waals surface area contributed by atoms with Gasteiger partial charge in [-0.1, -0.05) is 133 Å². The van der Waals surface area contributed by atoms with E-state index in [1.807, 2.05) is 30.3 Å². The van der Waals surface area contributed by atoms with Gasteiger partial charge in [-0.05, 0) is 51.9 Å². The molecule has 0 aliphatic carbocycles. The van der Waals surface area contributed by atoms with Crippen molar-refractivity contribution in [1.82, 2.24) is 19.5 Å². The maximum Gasteiger partial charge on any atom is 0.166 e. The van der Waals surface area contributed by atoms with Gasteiger partial charge < -0.3 is 8.98 Å². The van der Waals surface area contributed by atoms with Gasteiger partial charge in [-0.15, -0.1) is 0 Å². The number of hydrogen-bond acceptors (Lipinski definition) is 4. The van der Waals surface area contributed by atoms with Crippen molar-refractivity contribution in [1.29, 1.82) is 0 Å². The van der Waals surface area contributed by atoms with Crippen molar-refractivity contribution >= 4 is 65.3 Å². The maximum atomic E-state index is 6.54. The third kappa shape index (κ3) is 4.39. The first kappa shape index (κ1) is 28.7. The van der Waals surface area contributed by atoms with Gasteiger partial charge in [0.25, 0.3) is 0 Å². The van der Waals surface area contributed by atoms with E-state index in [0.29, 0.717) is 17.5 Å². The summed E-state index contributed by atoms with van der Waals surface area (Å²) >= 11 is 0. The lowest BCUT2D eigenvalue weighted by Gasteiger charge is -2.15. The van der Waals surface area contributed by atoms with Gasteiger partial charge in [-0.25, -0.2) is 15.0 Å². The second-order valence-corrected chi connectivity index (χ2v) is 13.2. The van der Waals surface area contributed by atoms with Crippen molar-refractivity contribution < 1.29 is 4.42 Å². The molecule has 11 aromatic rings. The Balaban J connectivity index is 1.28. The topological polar surface area (TPSA) is 56.7 Å². The van der Waals surface area contributed by atoms with Crippen molar-refractivity contribution in [3.8, 4) is 39.9 Å². The molecule has 0 N–H and O–H groups in total. The number of fused-ring (bicyclic) bond motifs is 8. The fourth-order valence-electron chi connectivity index (χ4n) is 7.79. The zero-order valence-electron chi connectivity index (χ0n) is 27.9. The fourth-order valence-corrected chi connectivity index (χ4v) is 7.79. The average molecular weight is 665 g/mol. The highest BCUT2D eigenvalue weighted by molar-refractivity contribution is 6.15. The van der Waals surface area contributed by atoms with E-state index in [1.54, 1.807) is 0 Å². The molecule has 0 amide bonds. The molecular weight excluding hydrogens is 637 g/mol. The molecule has 3 aromatic heterocycles. The van der Waals surface area contributed by atoms with E-state index in [2.05, 4.69) is 144 Å². The molecule has 0 radical (unpaired) electrons. The molecule has 0 aliphatic rings. The van der Waals surface area contributed by atoms with E-state index < -0.39 is 0 Å². The summed E-state index contributed by atoms with van der Waals surface area (Å²) in [7, 11) is 0. The van der Waals surface area contributed by atoms with Crippen molar-refractivity contribution in [2.45, 2.75) is 0 Å². The molecule has 0 aliphatic heterocycles. The Labute approximate surface area is 298 Å². The molecule has 11 rings (SSSR count). The minimum atomic E-state index is 0.589. The number of aromatic nitrogens is 4. The summed E-state index contributed by atoms with van der Waals surface area (Å²) in [5.41, 5.74) is 7.53. The first-order valence-electron chi connectivity index (χ1n) is 17.4. The lowest BCUT2D eigenvalue weighted by atomic mass is 10.0. The van der Waals surface area contributed by atoms with Crippen LogP contribution in [0.5, 0.6) is 0 Å². The summed E-state index contributed by atoms with van der Waals surface area (Å²) in [6.45, 7) is 0. The van der Waals surface area contributed by atoms with E-state index in [1.165, 1.54) is 21.5 Å². The van der Waals surface area contributed by atoms with Crippen LogP contribution in [0.25, 0.3) is 105 Å². The molecule has 0 bridgehead atoms. The first-order valence-corrected chi connectivity index (χ1v) is 17.4. The smallest absolute Gasteiger partial charge is 0.166 e. The predicted octanol–water partition coefficient (Wildman–Crippen LogP) is 12.2. The van der Waals surface area contributed by atoms with Crippen LogP contribution in [-0.4, -0.2) is 19.5 Å². The van der Waals surface area contributed by atoms with E-state index in [0.717, 1.165) is 66.1 Å². The Morgan fingerprint density at radius 2 is 1.00 bits per heavy atom. The summed E-state index contributed by atoms with van der Waals surface area (Å²) in [6, 6.07) is 59.2. The van der Waals surface area contributed by atoms with Crippen LogP contribution < -0.4 is 0 Å². The van der Waals surface area contributed by atoms with Crippen LogP contribution in [0.2, 0.25) is 0 Å². The molecule has 0 spiro atoms. The average Bonchev–Trinajstić information content (AvgIpc) is 3.74. The molecule has 5 heteroatoms. The highest BCUT2D eigenvalue weighted by Gasteiger charge is 2.23. The number of furan rings is 1. The summed E-state index contributed by atoms with van der Waals surface area (Å²) in [5, 5.41) is 9.02. The Hall–Kier alpha value is -7.11. The van der Waals surface area contributed by atoms with E-state index in [4.69, 9.17) is 19.4 Å². The molecule has 8 aromatic carbocycles. The summed E-state index contributed by atoms with van der Waals surface area (Å²) < 4.78 is 8.89. The Morgan fingerprint density at radius 1 is 0.365 bits per heavy atom. The fraction of sp³-hybridized carbons (Fsp3) is 0. The van der Waals surface area contributed by atoms with Crippen molar-refractivity contribution in [2.75, 3.05) is 0 Å². The second kappa shape index (κ2) is 11.2. The molecule has 0 unspecified atom stereocenters. The van der Waals surface area contributed by atoms with Gasteiger partial charge in [0.15, 0.2) is 17.5 Å². The number of rotatable bonds is 4. The van der Waals surface area contributed by atoms with Crippen LogP contribution in [0, 0.1) is 0 Å². The molecule has 5 nitrogen and oxygen atoms in total. The van der Waals surface area contributed by atoms with Crippen LogP contribution in [0.4, 0.5) is 0 Å². The highest BCUT2D eigenvalue weighted by atomic mass is 16.3. The number of hydrogen-bond donors (Lipinski definition) is 0. The summed E-state index contributed by atoms with van der Waals surface area (Å²) in [5.74, 6) is 1.83. The molecule has 3 heterocycles. The number of nitrogens with zero attached hydrogens (tertiary/aromatic N) is 4. The summed E-state index contributed by atoms with van der Waals surface area (Å²) in [6.07, 6.45) is 0. The van der Waals surface area contributed by atoms with Crippen molar-refractivity contribution in [3.05, 3.63) is 170 Å². The molecule has 0 saturated heterocycles. The van der Waals surface area contributed by atoms with Gasteiger partial charge >= 0.3 is 0 Å². The third-order valence-corrected chi connectivity index (χ3v) is 10.2. The van der Waals surface area contributed by atoms with Crippen LogP contribution in [-0.2, 0) is 0 Å². The number of para-hydroxylation sites is 2. The van der Waals surface area contributed by atoms with Gasteiger partial charge in [0.05, 0.1) is 16.7 Å². The molecular formula is C47H28N4O. The normalized spacial score (nSPS) is 11.8. The highest BCUT2D eigenvalue weighted by Crippen LogP contribution is 2.41. The number of benzene rings is 8. The Bertz CT molecular complexity index is 3190. The van der Waals surface area contributed by atoms with Crippen LogP contribution in [0.1, 0.15) is 0 Å². The monoisotopic (exact) mass is 664 g/mol. The van der Waals surface area contributed by atoms with Crippen molar-refractivity contribution in [3.63, 3.8) is 0 Å². The molecule has 0 atom stereocenters. The maximum absolute atomic E-state index is 6.54. The van der Waals surface area contributed by atoms with Crippen LogP contribution in [0.15, 0.2) is 174 Å². The van der Waals surface area contributed by atoms with Gasteiger partial charge in [0.1, 0.15) is 11.2 Å². The van der Waals surface area contributed by atoms with Crippen molar-refractivity contribution in [2.24, 2.45) is 0 Å². The second-order valence-electron chi connectivity index (χ2n) is 13.2. The van der Waals surface area contributed by atoms with E-state index in [9.17, 15) is 0 Å². The SMILES string of the molecule is c1ccc(-c2nc(-c3cc4c(cc3-n3c5ccccc5c5cc6ccccc6cc53)oc3ccccc34)nc(-c3cccc4ccccc34)n2)cc1. The van der Waals surface area contributed by atoms with Gasteiger partial charge in [-0.2, -0.15) is 0 Å².